The van der Waals surface area contributed by atoms with E-state index in [4.69, 9.17) is 5.11 Å². The third-order valence-electron chi connectivity index (χ3n) is 5.33. The molecule has 1 amide bonds. The second-order valence-electron chi connectivity index (χ2n) is 7.22. The summed E-state index contributed by atoms with van der Waals surface area (Å²) in [7, 11) is 0. The Balaban J connectivity index is 1.56. The highest BCUT2D eigenvalue weighted by Gasteiger charge is 2.35. The van der Waals surface area contributed by atoms with E-state index >= 15 is 0 Å². The molecule has 0 atom stereocenters. The highest BCUT2D eigenvalue weighted by Crippen LogP contribution is 2.26. The summed E-state index contributed by atoms with van der Waals surface area (Å²) in [6, 6.07) is 8.15. The number of aromatic amines is 1. The number of hydrogen-bond donors (Lipinski definition) is 3. The lowest BCUT2D eigenvalue weighted by molar-refractivity contribution is -0.139. The molecule has 0 spiro atoms. The minimum atomic E-state index is -0.819. The minimum absolute atomic E-state index is 0.0434. The number of hydrogen-bond acceptors (Lipinski definition) is 4. The quantitative estimate of drug-likeness (QED) is 0.695. The predicted octanol–water partition coefficient (Wildman–Crippen LogP) is 2.36. The summed E-state index contributed by atoms with van der Waals surface area (Å²) < 4.78 is 0. The van der Waals surface area contributed by atoms with Crippen molar-refractivity contribution in [3.8, 4) is 11.3 Å². The fourth-order valence-corrected chi connectivity index (χ4v) is 3.43. The first-order valence-corrected chi connectivity index (χ1v) is 9.27. The van der Waals surface area contributed by atoms with Crippen molar-refractivity contribution in [2.24, 2.45) is 0 Å². The smallest absolute Gasteiger partial charge is 0.317 e. The van der Waals surface area contributed by atoms with Gasteiger partial charge < -0.3 is 10.4 Å². The molecule has 2 aromatic rings. The molecule has 1 aliphatic rings. The number of benzene rings is 1. The van der Waals surface area contributed by atoms with Crippen LogP contribution in [0, 0.1) is 13.8 Å². The van der Waals surface area contributed by atoms with E-state index in [0.29, 0.717) is 12.2 Å². The zero-order valence-electron chi connectivity index (χ0n) is 16.0. The number of rotatable bonds is 7. The molecule has 0 aliphatic heterocycles. The van der Waals surface area contributed by atoms with Gasteiger partial charge in [0.2, 0.25) is 0 Å². The molecule has 1 heterocycles. The number of amides is 1. The molecule has 1 fully saturated rings. The minimum Gasteiger partial charge on any atom is -0.480 e. The molecule has 7 nitrogen and oxygen atoms in total. The number of nitrogens with one attached hydrogen (secondary N) is 2. The summed E-state index contributed by atoms with van der Waals surface area (Å²) in [5, 5.41) is 19.0. The highest BCUT2D eigenvalue weighted by molar-refractivity contribution is 5.93. The van der Waals surface area contributed by atoms with Gasteiger partial charge in [-0.25, -0.2) is 0 Å². The molecule has 0 saturated heterocycles. The van der Waals surface area contributed by atoms with Gasteiger partial charge in [-0.2, -0.15) is 5.10 Å². The van der Waals surface area contributed by atoms with Crippen LogP contribution in [0.4, 0.5) is 0 Å². The van der Waals surface area contributed by atoms with Gasteiger partial charge in [0.15, 0.2) is 0 Å². The van der Waals surface area contributed by atoms with Gasteiger partial charge in [0, 0.05) is 17.6 Å². The number of aromatic nitrogens is 2. The predicted molar refractivity (Wildman–Crippen MR) is 103 cm³/mol. The Morgan fingerprint density at radius 3 is 2.63 bits per heavy atom. The van der Waals surface area contributed by atoms with Crippen LogP contribution < -0.4 is 5.32 Å². The Labute approximate surface area is 158 Å². The fourth-order valence-electron chi connectivity index (χ4n) is 3.43. The number of likely N-dealkylation sites (N-methyl/N-ethyl adjacent to an activating group) is 1. The Morgan fingerprint density at radius 1 is 1.26 bits per heavy atom. The zero-order valence-corrected chi connectivity index (χ0v) is 16.0. The van der Waals surface area contributed by atoms with Crippen molar-refractivity contribution in [1.82, 2.24) is 20.4 Å². The molecule has 1 aromatic carbocycles. The van der Waals surface area contributed by atoms with Crippen LogP contribution in [0.25, 0.3) is 11.3 Å². The normalized spacial score (nSPS) is 19.0. The lowest BCUT2D eigenvalue weighted by Gasteiger charge is -2.42. The summed E-state index contributed by atoms with van der Waals surface area (Å²) in [5.74, 6) is -0.997. The average molecular weight is 370 g/mol. The number of H-pyrrole nitrogens is 1. The van der Waals surface area contributed by atoms with E-state index in [9.17, 15) is 9.59 Å². The summed E-state index contributed by atoms with van der Waals surface area (Å²) in [4.78, 5) is 25.3. The van der Waals surface area contributed by atoms with Crippen molar-refractivity contribution in [1.29, 1.82) is 0 Å². The lowest BCUT2D eigenvalue weighted by Crippen LogP contribution is -2.54. The van der Waals surface area contributed by atoms with Crippen LogP contribution in [-0.4, -0.2) is 57.3 Å². The molecule has 0 bridgehead atoms. The largest absolute Gasteiger partial charge is 0.480 e. The molecule has 7 heteroatoms. The Kier molecular flexibility index (Phi) is 5.60. The number of carbonyl (C=O) groups is 2. The van der Waals surface area contributed by atoms with E-state index in [1.54, 1.807) is 6.07 Å². The van der Waals surface area contributed by atoms with Crippen LogP contribution in [0.3, 0.4) is 0 Å². The van der Waals surface area contributed by atoms with E-state index in [1.165, 1.54) is 11.1 Å². The standard InChI is InChI=1S/C20H26N4O3/c1-4-24(11-19(25)26)16-8-15(9-16)21-20(27)18-10-17(22-23-18)14-6-5-12(2)13(3)7-14/h5-7,10,15-16H,4,8-9,11H2,1-3H3,(H,21,27)(H,22,23)(H,25,26). The lowest BCUT2D eigenvalue weighted by atomic mass is 9.85. The van der Waals surface area contributed by atoms with E-state index in [2.05, 4.69) is 35.4 Å². The maximum atomic E-state index is 12.4. The van der Waals surface area contributed by atoms with Gasteiger partial charge in [-0.05, 0) is 56.5 Å². The van der Waals surface area contributed by atoms with Crippen LogP contribution in [0.5, 0.6) is 0 Å². The van der Waals surface area contributed by atoms with Crippen LogP contribution in [0.2, 0.25) is 0 Å². The third-order valence-corrected chi connectivity index (χ3v) is 5.33. The van der Waals surface area contributed by atoms with Gasteiger partial charge in [-0.1, -0.05) is 19.1 Å². The van der Waals surface area contributed by atoms with Gasteiger partial charge in [-0.3, -0.25) is 19.6 Å². The monoisotopic (exact) mass is 370 g/mol. The molecule has 3 rings (SSSR count). The Bertz CT molecular complexity index is 840. The van der Waals surface area contributed by atoms with Gasteiger partial charge in [0.25, 0.3) is 5.91 Å². The Hall–Kier alpha value is -2.67. The van der Waals surface area contributed by atoms with Crippen molar-refractivity contribution in [2.75, 3.05) is 13.1 Å². The SMILES string of the molecule is CCN(CC(=O)O)C1CC(NC(=O)c2cc(-c3ccc(C)c(C)c3)n[nH]2)C1. The van der Waals surface area contributed by atoms with Crippen molar-refractivity contribution >= 4 is 11.9 Å². The number of aliphatic carboxylic acids is 1. The maximum Gasteiger partial charge on any atom is 0.317 e. The summed E-state index contributed by atoms with van der Waals surface area (Å²) in [5.41, 5.74) is 4.56. The van der Waals surface area contributed by atoms with E-state index < -0.39 is 5.97 Å². The summed E-state index contributed by atoms with van der Waals surface area (Å²) >= 11 is 0. The molecule has 27 heavy (non-hydrogen) atoms. The molecule has 3 N–H and O–H groups in total. The third kappa shape index (κ3) is 4.36. The van der Waals surface area contributed by atoms with Gasteiger partial charge >= 0.3 is 5.97 Å². The first-order valence-electron chi connectivity index (χ1n) is 9.27. The molecule has 144 valence electrons. The topological polar surface area (TPSA) is 98.3 Å². The molecular weight excluding hydrogens is 344 g/mol. The average Bonchev–Trinajstić information content (AvgIpc) is 3.08. The summed E-state index contributed by atoms with van der Waals surface area (Å²) in [6.07, 6.45) is 1.54. The van der Waals surface area contributed by atoms with Crippen LogP contribution in [0.1, 0.15) is 41.4 Å². The number of carboxylic acid groups (broad SMARTS) is 1. The van der Waals surface area contributed by atoms with Crippen molar-refractivity contribution in [3.63, 3.8) is 0 Å². The first kappa shape index (κ1) is 19.1. The first-order chi connectivity index (χ1) is 12.9. The number of carbonyl (C=O) groups excluding carboxylic acids is 1. The van der Waals surface area contributed by atoms with Crippen LogP contribution in [0.15, 0.2) is 24.3 Å². The molecule has 1 saturated carbocycles. The van der Waals surface area contributed by atoms with Crippen LogP contribution in [-0.2, 0) is 4.79 Å². The molecule has 1 aromatic heterocycles. The van der Waals surface area contributed by atoms with E-state index in [1.807, 2.05) is 24.0 Å². The molecular formula is C20H26N4O3. The second kappa shape index (κ2) is 7.92. The van der Waals surface area contributed by atoms with Crippen molar-refractivity contribution in [2.45, 2.75) is 45.7 Å². The number of carboxylic acids is 1. The highest BCUT2D eigenvalue weighted by atomic mass is 16.4. The molecule has 0 unspecified atom stereocenters. The molecule has 1 aliphatic carbocycles. The number of aryl methyl sites for hydroxylation is 2. The fraction of sp³-hybridized carbons (Fsp3) is 0.450. The maximum absolute atomic E-state index is 12.4. The van der Waals surface area contributed by atoms with Gasteiger partial charge in [0.05, 0.1) is 12.2 Å². The van der Waals surface area contributed by atoms with Gasteiger partial charge in [0.1, 0.15) is 5.69 Å². The Morgan fingerprint density at radius 2 is 2.00 bits per heavy atom. The molecule has 0 radical (unpaired) electrons. The van der Waals surface area contributed by atoms with Crippen molar-refractivity contribution in [3.05, 3.63) is 41.1 Å². The zero-order chi connectivity index (χ0) is 19.6. The van der Waals surface area contributed by atoms with E-state index in [-0.39, 0.29) is 24.5 Å². The van der Waals surface area contributed by atoms with Crippen molar-refractivity contribution < 1.29 is 14.7 Å². The summed E-state index contributed by atoms with van der Waals surface area (Å²) in [6.45, 7) is 6.80. The number of nitrogens with zero attached hydrogens (tertiary/aromatic N) is 2. The van der Waals surface area contributed by atoms with Gasteiger partial charge in [-0.15, -0.1) is 0 Å². The van der Waals surface area contributed by atoms with E-state index in [0.717, 1.165) is 24.1 Å². The van der Waals surface area contributed by atoms with Crippen LogP contribution >= 0.6 is 0 Å². The second-order valence-corrected chi connectivity index (χ2v) is 7.22.